The Kier molecular flexibility index (Phi) is 4.67. The highest BCUT2D eigenvalue weighted by Gasteiger charge is 2.20. The van der Waals surface area contributed by atoms with Gasteiger partial charge in [0.1, 0.15) is 5.75 Å². The first-order valence-electron chi connectivity index (χ1n) is 9.73. The second kappa shape index (κ2) is 7.52. The Morgan fingerprint density at radius 1 is 1.00 bits per heavy atom. The van der Waals surface area contributed by atoms with E-state index in [1.807, 2.05) is 43.3 Å². The van der Waals surface area contributed by atoms with Crippen LogP contribution in [0.2, 0.25) is 0 Å². The minimum atomic E-state index is -0.342. The van der Waals surface area contributed by atoms with Crippen molar-refractivity contribution in [1.82, 2.24) is 4.68 Å². The number of aryl methyl sites for hydroxylation is 1. The zero-order valence-electron chi connectivity index (χ0n) is 16.9. The summed E-state index contributed by atoms with van der Waals surface area (Å²) in [4.78, 5) is 27.6. The fourth-order valence-electron chi connectivity index (χ4n) is 3.65. The fourth-order valence-corrected chi connectivity index (χ4v) is 4.69. The molecule has 0 aliphatic carbocycles. The number of pyridine rings is 1. The monoisotopic (exact) mass is 429 g/mol. The standard InChI is InChI=1S/C24H19N3O3S/c1-14-10-23(28)27(26-24(29)15-6-4-3-5-7-15)20-13-19-22(12-17(14)20)31-21-11-16(30-2)8-9-18(21)25-19/h3-13,25H,1-2H3,(H,26,29). The SMILES string of the molecule is COc1ccc2c(c1)Sc1cc3c(C)cc(=O)n(NC(=O)c4ccccc4)c3cc1N2. The summed E-state index contributed by atoms with van der Waals surface area (Å²) in [6, 6.07) is 20.2. The third-order valence-corrected chi connectivity index (χ3v) is 6.37. The average molecular weight is 430 g/mol. The summed E-state index contributed by atoms with van der Waals surface area (Å²) >= 11 is 1.64. The lowest BCUT2D eigenvalue weighted by Gasteiger charge is -2.23. The van der Waals surface area contributed by atoms with E-state index < -0.39 is 0 Å². The van der Waals surface area contributed by atoms with Crippen LogP contribution in [0.5, 0.6) is 5.75 Å². The zero-order valence-corrected chi connectivity index (χ0v) is 17.7. The molecule has 0 atom stereocenters. The second-order valence-corrected chi connectivity index (χ2v) is 8.35. The number of carbonyl (C=O) groups is 1. The van der Waals surface area contributed by atoms with Crippen LogP contribution in [0.1, 0.15) is 15.9 Å². The molecule has 0 radical (unpaired) electrons. The number of hydrogen-bond donors (Lipinski definition) is 2. The van der Waals surface area contributed by atoms with Crippen molar-refractivity contribution in [2.24, 2.45) is 0 Å². The van der Waals surface area contributed by atoms with Crippen LogP contribution in [0, 0.1) is 6.92 Å². The molecule has 2 heterocycles. The van der Waals surface area contributed by atoms with E-state index in [1.165, 1.54) is 10.7 Å². The molecule has 1 aliphatic rings. The van der Waals surface area contributed by atoms with E-state index >= 15 is 0 Å². The summed E-state index contributed by atoms with van der Waals surface area (Å²) in [5.74, 6) is 0.455. The van der Waals surface area contributed by atoms with Gasteiger partial charge in [0.2, 0.25) is 0 Å². The molecule has 1 amide bonds. The maximum absolute atomic E-state index is 12.8. The number of methoxy groups -OCH3 is 1. The van der Waals surface area contributed by atoms with Gasteiger partial charge < -0.3 is 10.1 Å². The molecule has 1 aromatic heterocycles. The predicted molar refractivity (Wildman–Crippen MR) is 123 cm³/mol. The summed E-state index contributed by atoms with van der Waals surface area (Å²) in [5.41, 5.74) is 6.28. The van der Waals surface area contributed by atoms with Crippen LogP contribution >= 0.6 is 11.8 Å². The van der Waals surface area contributed by atoms with Gasteiger partial charge in [-0.05, 0) is 55.0 Å². The molecule has 7 heteroatoms. The zero-order chi connectivity index (χ0) is 21.5. The number of carbonyl (C=O) groups excluding carboxylic acids is 1. The maximum Gasteiger partial charge on any atom is 0.270 e. The third kappa shape index (κ3) is 3.43. The quantitative estimate of drug-likeness (QED) is 0.426. The molecule has 31 heavy (non-hydrogen) atoms. The van der Waals surface area contributed by atoms with Crippen molar-refractivity contribution in [3.8, 4) is 5.75 Å². The molecule has 0 bridgehead atoms. The molecular weight excluding hydrogens is 410 g/mol. The minimum Gasteiger partial charge on any atom is -0.497 e. The van der Waals surface area contributed by atoms with Crippen LogP contribution in [-0.4, -0.2) is 17.7 Å². The van der Waals surface area contributed by atoms with Crippen molar-refractivity contribution in [3.05, 3.63) is 88.2 Å². The summed E-state index contributed by atoms with van der Waals surface area (Å²) in [6.45, 7) is 1.90. The van der Waals surface area contributed by atoms with E-state index in [0.717, 1.165) is 37.9 Å². The Bertz CT molecular complexity index is 1400. The van der Waals surface area contributed by atoms with Gasteiger partial charge in [-0.1, -0.05) is 30.0 Å². The van der Waals surface area contributed by atoms with E-state index in [0.29, 0.717) is 11.1 Å². The van der Waals surface area contributed by atoms with Crippen LogP contribution in [0.3, 0.4) is 0 Å². The number of hydrogen-bond acceptors (Lipinski definition) is 5. The Morgan fingerprint density at radius 2 is 1.77 bits per heavy atom. The molecule has 0 saturated heterocycles. The van der Waals surface area contributed by atoms with E-state index in [-0.39, 0.29) is 11.5 Å². The maximum atomic E-state index is 12.8. The lowest BCUT2D eigenvalue weighted by Crippen LogP contribution is -2.33. The van der Waals surface area contributed by atoms with Crippen molar-refractivity contribution in [3.63, 3.8) is 0 Å². The van der Waals surface area contributed by atoms with Crippen molar-refractivity contribution in [2.45, 2.75) is 16.7 Å². The fraction of sp³-hybridized carbons (Fsp3) is 0.0833. The van der Waals surface area contributed by atoms with Crippen LogP contribution in [0.15, 0.2) is 81.3 Å². The van der Waals surface area contributed by atoms with E-state index in [1.54, 1.807) is 43.1 Å². The van der Waals surface area contributed by atoms with Crippen LogP contribution in [0.25, 0.3) is 10.9 Å². The summed E-state index contributed by atoms with van der Waals surface area (Å²) in [7, 11) is 1.65. The van der Waals surface area contributed by atoms with Crippen molar-refractivity contribution >= 4 is 39.9 Å². The number of amides is 1. The smallest absolute Gasteiger partial charge is 0.270 e. The summed E-state index contributed by atoms with van der Waals surface area (Å²) in [6.07, 6.45) is 0. The molecular formula is C24H19N3O3S. The lowest BCUT2D eigenvalue weighted by molar-refractivity contribution is 0.101. The highest BCUT2D eigenvalue weighted by atomic mass is 32.2. The topological polar surface area (TPSA) is 72.4 Å². The first kappa shape index (κ1) is 19.3. The Hall–Kier alpha value is -3.71. The predicted octanol–water partition coefficient (Wildman–Crippen LogP) is 4.91. The molecule has 0 unspecified atom stereocenters. The average Bonchev–Trinajstić information content (AvgIpc) is 2.79. The molecule has 154 valence electrons. The number of fused-ring (bicyclic) bond motifs is 3. The highest BCUT2D eigenvalue weighted by molar-refractivity contribution is 7.99. The van der Waals surface area contributed by atoms with Crippen molar-refractivity contribution in [2.75, 3.05) is 17.9 Å². The number of nitrogens with zero attached hydrogens (tertiary/aromatic N) is 1. The van der Waals surface area contributed by atoms with Crippen molar-refractivity contribution in [1.29, 1.82) is 0 Å². The highest BCUT2D eigenvalue weighted by Crippen LogP contribution is 2.46. The van der Waals surface area contributed by atoms with Gasteiger partial charge in [-0.25, -0.2) is 4.68 Å². The molecule has 2 N–H and O–H groups in total. The number of rotatable bonds is 3. The number of ether oxygens (including phenoxy) is 1. The number of aromatic nitrogens is 1. The van der Waals surface area contributed by atoms with Gasteiger partial charge in [-0.2, -0.15) is 0 Å². The number of benzene rings is 3. The van der Waals surface area contributed by atoms with Gasteiger partial charge in [0, 0.05) is 26.8 Å². The molecule has 0 saturated carbocycles. The van der Waals surface area contributed by atoms with Gasteiger partial charge in [0.15, 0.2) is 0 Å². The Morgan fingerprint density at radius 3 is 2.55 bits per heavy atom. The molecule has 0 spiro atoms. The van der Waals surface area contributed by atoms with Gasteiger partial charge >= 0.3 is 0 Å². The first-order chi connectivity index (χ1) is 15.0. The lowest BCUT2D eigenvalue weighted by atomic mass is 10.1. The molecule has 6 nitrogen and oxygen atoms in total. The van der Waals surface area contributed by atoms with Gasteiger partial charge in [0.25, 0.3) is 11.5 Å². The summed E-state index contributed by atoms with van der Waals surface area (Å²) < 4.78 is 6.65. The Labute approximate surface area is 182 Å². The van der Waals surface area contributed by atoms with Crippen LogP contribution in [0.4, 0.5) is 11.4 Å². The Balaban J connectivity index is 1.61. The minimum absolute atomic E-state index is 0.289. The van der Waals surface area contributed by atoms with Crippen LogP contribution < -0.4 is 21.0 Å². The van der Waals surface area contributed by atoms with Crippen LogP contribution in [-0.2, 0) is 0 Å². The molecule has 4 aromatic rings. The second-order valence-electron chi connectivity index (χ2n) is 7.26. The molecule has 1 aliphatic heterocycles. The van der Waals surface area contributed by atoms with Gasteiger partial charge in [0.05, 0.1) is 24.0 Å². The van der Waals surface area contributed by atoms with Crippen molar-refractivity contribution < 1.29 is 9.53 Å². The van der Waals surface area contributed by atoms with Gasteiger partial charge in [-0.15, -0.1) is 0 Å². The molecule has 3 aromatic carbocycles. The van der Waals surface area contributed by atoms with E-state index in [2.05, 4.69) is 10.7 Å². The molecule has 5 rings (SSSR count). The first-order valence-corrected chi connectivity index (χ1v) is 10.5. The normalized spacial score (nSPS) is 11.9. The number of nitrogens with one attached hydrogen (secondary N) is 2. The summed E-state index contributed by atoms with van der Waals surface area (Å²) in [5, 5.41) is 4.33. The molecule has 0 fully saturated rings. The van der Waals surface area contributed by atoms with Gasteiger partial charge in [-0.3, -0.25) is 15.0 Å². The largest absolute Gasteiger partial charge is 0.497 e. The third-order valence-electron chi connectivity index (χ3n) is 5.25. The number of anilines is 2. The van der Waals surface area contributed by atoms with E-state index in [9.17, 15) is 9.59 Å². The van der Waals surface area contributed by atoms with E-state index in [4.69, 9.17) is 4.74 Å².